The van der Waals surface area contributed by atoms with E-state index in [1.807, 2.05) is 17.0 Å². The van der Waals surface area contributed by atoms with Crippen LogP contribution < -0.4 is 5.32 Å². The predicted octanol–water partition coefficient (Wildman–Crippen LogP) is 2.85. The van der Waals surface area contributed by atoms with Crippen molar-refractivity contribution >= 4 is 22.8 Å². The summed E-state index contributed by atoms with van der Waals surface area (Å²) in [4.78, 5) is 18.5. The molecule has 1 saturated heterocycles. The molecule has 3 heterocycles. The molecule has 0 radical (unpaired) electrons. The molecule has 0 aromatic carbocycles. The number of carbonyl (C=O) groups excluding carboxylic acids is 1. The summed E-state index contributed by atoms with van der Waals surface area (Å²) in [5.74, 6) is 0.953. The van der Waals surface area contributed by atoms with E-state index in [9.17, 15) is 4.79 Å². The lowest BCUT2D eigenvalue weighted by atomic mass is 9.98. The molecule has 6 heteroatoms. The van der Waals surface area contributed by atoms with Gasteiger partial charge in [-0.25, -0.2) is 4.98 Å². The van der Waals surface area contributed by atoms with Crippen LogP contribution in [0.25, 0.3) is 11.0 Å². The number of nitrogens with zero attached hydrogens (tertiary/aromatic N) is 3. The minimum Gasteiger partial charge on any atom is -0.366 e. The molecule has 1 fully saturated rings. The summed E-state index contributed by atoms with van der Waals surface area (Å²) in [6.45, 7) is 6.62. The van der Waals surface area contributed by atoms with Crippen LogP contribution in [0, 0.1) is 0 Å². The van der Waals surface area contributed by atoms with Gasteiger partial charge in [-0.2, -0.15) is 5.10 Å². The van der Waals surface area contributed by atoms with Gasteiger partial charge in [0.15, 0.2) is 11.5 Å². The van der Waals surface area contributed by atoms with Gasteiger partial charge in [0.05, 0.1) is 17.1 Å². The first kappa shape index (κ1) is 14.8. The standard InChI is InChI=1S/C16H23N5O/c1-10(2)17-15-12-7-8-13(18-16(12)20-19-15)14-6-4-5-9-21(14)11(3)22/h7-8,10,14H,4-6,9H2,1-3H3,(H2,17,18,19,20)/t14-/m0/s1. The number of pyridine rings is 1. The molecule has 0 bridgehead atoms. The summed E-state index contributed by atoms with van der Waals surface area (Å²) in [5.41, 5.74) is 1.72. The Morgan fingerprint density at radius 3 is 2.95 bits per heavy atom. The summed E-state index contributed by atoms with van der Waals surface area (Å²) in [6.07, 6.45) is 3.19. The van der Waals surface area contributed by atoms with Gasteiger partial charge in [-0.05, 0) is 45.2 Å². The van der Waals surface area contributed by atoms with Crippen LogP contribution in [0.15, 0.2) is 12.1 Å². The lowest BCUT2D eigenvalue weighted by Crippen LogP contribution is -2.37. The molecule has 22 heavy (non-hydrogen) atoms. The summed E-state index contributed by atoms with van der Waals surface area (Å²) in [5, 5.41) is 11.6. The van der Waals surface area contributed by atoms with Crippen molar-refractivity contribution in [3.05, 3.63) is 17.8 Å². The van der Waals surface area contributed by atoms with E-state index in [0.29, 0.717) is 6.04 Å². The molecule has 118 valence electrons. The minimum atomic E-state index is 0.0838. The highest BCUT2D eigenvalue weighted by Gasteiger charge is 2.27. The second kappa shape index (κ2) is 5.94. The Morgan fingerprint density at radius 2 is 2.23 bits per heavy atom. The van der Waals surface area contributed by atoms with Gasteiger partial charge in [0.2, 0.25) is 5.91 Å². The topological polar surface area (TPSA) is 73.9 Å². The first-order chi connectivity index (χ1) is 10.6. The molecule has 1 amide bonds. The van der Waals surface area contributed by atoms with Crippen molar-refractivity contribution in [1.29, 1.82) is 0 Å². The average Bonchev–Trinajstić information content (AvgIpc) is 2.89. The van der Waals surface area contributed by atoms with Gasteiger partial charge in [0.1, 0.15) is 0 Å². The maximum absolute atomic E-state index is 11.8. The maximum atomic E-state index is 11.8. The Hall–Kier alpha value is -2.11. The van der Waals surface area contributed by atoms with Crippen LogP contribution in [0.5, 0.6) is 0 Å². The number of H-pyrrole nitrogens is 1. The fourth-order valence-corrected chi connectivity index (χ4v) is 3.10. The van der Waals surface area contributed by atoms with Crippen LogP contribution in [0.4, 0.5) is 5.82 Å². The highest BCUT2D eigenvalue weighted by molar-refractivity contribution is 5.87. The van der Waals surface area contributed by atoms with E-state index in [-0.39, 0.29) is 11.9 Å². The number of amides is 1. The van der Waals surface area contributed by atoms with Crippen molar-refractivity contribution in [2.45, 2.75) is 52.1 Å². The molecule has 6 nitrogen and oxygen atoms in total. The lowest BCUT2D eigenvalue weighted by molar-refractivity contribution is -0.132. The zero-order valence-corrected chi connectivity index (χ0v) is 13.4. The number of hydrogen-bond donors (Lipinski definition) is 2. The summed E-state index contributed by atoms with van der Waals surface area (Å²) in [6, 6.07) is 4.46. The van der Waals surface area contributed by atoms with Gasteiger partial charge >= 0.3 is 0 Å². The van der Waals surface area contributed by atoms with E-state index < -0.39 is 0 Å². The van der Waals surface area contributed by atoms with Crippen molar-refractivity contribution in [3.8, 4) is 0 Å². The van der Waals surface area contributed by atoms with Crippen LogP contribution in [0.3, 0.4) is 0 Å². The smallest absolute Gasteiger partial charge is 0.220 e. The largest absolute Gasteiger partial charge is 0.366 e. The zero-order valence-electron chi connectivity index (χ0n) is 13.4. The van der Waals surface area contributed by atoms with E-state index in [4.69, 9.17) is 4.98 Å². The second-order valence-electron chi connectivity index (χ2n) is 6.23. The molecule has 0 saturated carbocycles. The number of nitrogens with one attached hydrogen (secondary N) is 2. The molecule has 0 spiro atoms. The monoisotopic (exact) mass is 301 g/mol. The van der Waals surface area contributed by atoms with Gasteiger partial charge in [0, 0.05) is 19.5 Å². The zero-order chi connectivity index (χ0) is 15.7. The van der Waals surface area contributed by atoms with E-state index in [0.717, 1.165) is 48.4 Å². The third-order valence-electron chi connectivity index (χ3n) is 4.12. The Morgan fingerprint density at radius 1 is 1.41 bits per heavy atom. The predicted molar refractivity (Wildman–Crippen MR) is 86.6 cm³/mol. The fourth-order valence-electron chi connectivity index (χ4n) is 3.10. The Kier molecular flexibility index (Phi) is 4.00. The van der Waals surface area contributed by atoms with Gasteiger partial charge in [-0.15, -0.1) is 0 Å². The third-order valence-corrected chi connectivity index (χ3v) is 4.12. The number of fused-ring (bicyclic) bond motifs is 1. The van der Waals surface area contributed by atoms with E-state index in [2.05, 4.69) is 29.4 Å². The van der Waals surface area contributed by atoms with Crippen LogP contribution in [0.1, 0.15) is 51.8 Å². The maximum Gasteiger partial charge on any atom is 0.220 e. The highest BCUT2D eigenvalue weighted by atomic mass is 16.2. The first-order valence-corrected chi connectivity index (χ1v) is 7.95. The summed E-state index contributed by atoms with van der Waals surface area (Å²) < 4.78 is 0. The normalized spacial score (nSPS) is 18.9. The number of likely N-dealkylation sites (tertiary alicyclic amines) is 1. The molecule has 1 atom stereocenters. The van der Waals surface area contributed by atoms with Crippen molar-refractivity contribution in [1.82, 2.24) is 20.1 Å². The highest BCUT2D eigenvalue weighted by Crippen LogP contribution is 2.31. The Bertz CT molecular complexity index is 678. The van der Waals surface area contributed by atoms with Gasteiger partial charge < -0.3 is 10.2 Å². The Balaban J connectivity index is 1.93. The molecule has 0 unspecified atom stereocenters. The number of piperidine rings is 1. The second-order valence-corrected chi connectivity index (χ2v) is 6.23. The number of carbonyl (C=O) groups is 1. The number of rotatable bonds is 3. The van der Waals surface area contributed by atoms with E-state index in [1.54, 1.807) is 6.92 Å². The molecular formula is C16H23N5O. The first-order valence-electron chi connectivity index (χ1n) is 7.95. The molecule has 2 aromatic heterocycles. The van der Waals surface area contributed by atoms with E-state index in [1.165, 1.54) is 0 Å². The molecule has 1 aliphatic heterocycles. The number of aromatic amines is 1. The van der Waals surface area contributed by atoms with Crippen LogP contribution in [0.2, 0.25) is 0 Å². The number of hydrogen-bond acceptors (Lipinski definition) is 4. The third kappa shape index (κ3) is 2.77. The molecule has 1 aliphatic rings. The summed E-state index contributed by atoms with van der Waals surface area (Å²) >= 11 is 0. The van der Waals surface area contributed by atoms with Crippen molar-refractivity contribution in [3.63, 3.8) is 0 Å². The molecule has 0 aliphatic carbocycles. The fraction of sp³-hybridized carbons (Fsp3) is 0.562. The molecule has 3 rings (SSSR count). The number of aromatic nitrogens is 3. The van der Waals surface area contributed by atoms with Crippen molar-refractivity contribution in [2.75, 3.05) is 11.9 Å². The van der Waals surface area contributed by atoms with Gasteiger partial charge in [-0.1, -0.05) is 0 Å². The SMILES string of the molecule is CC(=O)N1CCCC[C@H]1c1ccc2c(NC(C)C)n[nH]c2n1. The average molecular weight is 301 g/mol. The molecule has 2 N–H and O–H groups in total. The molecular weight excluding hydrogens is 278 g/mol. The Labute approximate surface area is 130 Å². The quantitative estimate of drug-likeness (QED) is 0.914. The number of anilines is 1. The van der Waals surface area contributed by atoms with Crippen molar-refractivity contribution in [2.24, 2.45) is 0 Å². The van der Waals surface area contributed by atoms with Crippen LogP contribution in [-0.2, 0) is 4.79 Å². The van der Waals surface area contributed by atoms with Crippen LogP contribution >= 0.6 is 0 Å². The van der Waals surface area contributed by atoms with Gasteiger partial charge in [0.25, 0.3) is 0 Å². The van der Waals surface area contributed by atoms with E-state index >= 15 is 0 Å². The summed E-state index contributed by atoms with van der Waals surface area (Å²) in [7, 11) is 0. The lowest BCUT2D eigenvalue weighted by Gasteiger charge is -2.34. The molecule has 2 aromatic rings. The van der Waals surface area contributed by atoms with Crippen molar-refractivity contribution < 1.29 is 4.79 Å². The van der Waals surface area contributed by atoms with Gasteiger partial charge in [-0.3, -0.25) is 9.89 Å². The van der Waals surface area contributed by atoms with Crippen LogP contribution in [-0.4, -0.2) is 38.6 Å². The minimum absolute atomic E-state index is 0.0838.